The van der Waals surface area contributed by atoms with Crippen molar-refractivity contribution in [2.24, 2.45) is 0 Å². The second-order valence-corrected chi connectivity index (χ2v) is 5.83. The molecule has 0 unspecified atom stereocenters. The van der Waals surface area contributed by atoms with Crippen LogP contribution < -0.4 is 11.1 Å². The lowest BCUT2D eigenvalue weighted by atomic mass is 10.2. The summed E-state index contributed by atoms with van der Waals surface area (Å²) in [7, 11) is 0. The number of likely N-dealkylation sites (N-methyl/N-ethyl adjacent to an activating group) is 1. The molecular formula is C14H22BrN3O. The zero-order valence-corrected chi connectivity index (χ0v) is 13.3. The largest absolute Gasteiger partial charge is 0.399 e. The van der Waals surface area contributed by atoms with E-state index in [-0.39, 0.29) is 11.9 Å². The molecule has 0 aliphatic carbocycles. The molecule has 4 nitrogen and oxygen atoms in total. The fourth-order valence-corrected chi connectivity index (χ4v) is 2.43. The van der Waals surface area contributed by atoms with Gasteiger partial charge in [-0.2, -0.15) is 0 Å². The maximum Gasteiger partial charge on any atom is 0.234 e. The Balaban J connectivity index is 2.63. The molecular weight excluding hydrogens is 306 g/mol. The molecule has 1 amide bonds. The maximum atomic E-state index is 11.8. The van der Waals surface area contributed by atoms with Crippen molar-refractivity contribution >= 4 is 27.5 Å². The van der Waals surface area contributed by atoms with E-state index in [2.05, 4.69) is 26.1 Å². The van der Waals surface area contributed by atoms with E-state index in [4.69, 9.17) is 5.73 Å². The first-order chi connectivity index (χ1) is 8.90. The zero-order chi connectivity index (χ0) is 14.4. The Morgan fingerprint density at radius 3 is 2.63 bits per heavy atom. The third-order valence-corrected chi connectivity index (χ3v) is 3.11. The highest BCUT2D eigenvalue weighted by Crippen LogP contribution is 2.18. The van der Waals surface area contributed by atoms with Crippen LogP contribution in [0, 0.1) is 0 Å². The number of anilines is 1. The molecule has 0 spiro atoms. The van der Waals surface area contributed by atoms with Gasteiger partial charge in [0.05, 0.1) is 6.54 Å². The van der Waals surface area contributed by atoms with Crippen molar-refractivity contribution < 1.29 is 4.79 Å². The molecule has 0 aromatic heterocycles. The van der Waals surface area contributed by atoms with Crippen molar-refractivity contribution in [2.75, 3.05) is 18.8 Å². The van der Waals surface area contributed by atoms with E-state index in [0.29, 0.717) is 13.1 Å². The number of halogens is 1. The van der Waals surface area contributed by atoms with Crippen molar-refractivity contribution in [2.45, 2.75) is 33.4 Å². The van der Waals surface area contributed by atoms with Crippen LogP contribution in [0.1, 0.15) is 26.3 Å². The minimum atomic E-state index is 0.0554. The molecule has 0 aliphatic heterocycles. The fourth-order valence-electron chi connectivity index (χ4n) is 1.88. The van der Waals surface area contributed by atoms with Gasteiger partial charge in [-0.05, 0) is 44.2 Å². The lowest BCUT2D eigenvalue weighted by molar-refractivity contribution is -0.122. The fraction of sp³-hybridized carbons (Fsp3) is 0.500. The van der Waals surface area contributed by atoms with Crippen LogP contribution in [0.15, 0.2) is 22.7 Å². The SMILES string of the molecule is CCN(CC(=O)NC(C)C)Cc1cc(N)cc(Br)c1. The number of nitrogens with one attached hydrogen (secondary N) is 1. The van der Waals surface area contributed by atoms with E-state index < -0.39 is 0 Å². The van der Waals surface area contributed by atoms with E-state index in [1.54, 1.807) is 0 Å². The number of hydrogen-bond acceptors (Lipinski definition) is 3. The van der Waals surface area contributed by atoms with Crippen LogP contribution in [-0.4, -0.2) is 29.9 Å². The number of nitrogen functional groups attached to an aromatic ring is 1. The summed E-state index contributed by atoms with van der Waals surface area (Å²) in [6.45, 7) is 7.90. The number of nitrogens with zero attached hydrogens (tertiary/aromatic N) is 1. The van der Waals surface area contributed by atoms with Gasteiger partial charge in [0.25, 0.3) is 0 Å². The lowest BCUT2D eigenvalue weighted by Gasteiger charge is -2.21. The molecule has 0 radical (unpaired) electrons. The molecule has 0 atom stereocenters. The van der Waals surface area contributed by atoms with Crippen molar-refractivity contribution in [3.8, 4) is 0 Å². The third-order valence-electron chi connectivity index (χ3n) is 2.65. The Morgan fingerprint density at radius 1 is 1.42 bits per heavy atom. The molecule has 3 N–H and O–H groups in total. The highest BCUT2D eigenvalue weighted by molar-refractivity contribution is 9.10. The van der Waals surface area contributed by atoms with Crippen LogP contribution in [0.5, 0.6) is 0 Å². The summed E-state index contributed by atoms with van der Waals surface area (Å²) in [6, 6.07) is 6.01. The molecule has 106 valence electrons. The Morgan fingerprint density at radius 2 is 2.11 bits per heavy atom. The number of nitrogens with two attached hydrogens (primary N) is 1. The summed E-state index contributed by atoms with van der Waals surface area (Å²) in [5.41, 5.74) is 7.65. The summed E-state index contributed by atoms with van der Waals surface area (Å²) in [5.74, 6) is 0.0554. The summed E-state index contributed by atoms with van der Waals surface area (Å²) in [5, 5.41) is 2.90. The quantitative estimate of drug-likeness (QED) is 0.788. The number of rotatable bonds is 6. The summed E-state index contributed by atoms with van der Waals surface area (Å²) < 4.78 is 0.963. The molecule has 0 bridgehead atoms. The van der Waals surface area contributed by atoms with Crippen molar-refractivity contribution in [1.29, 1.82) is 0 Å². The zero-order valence-electron chi connectivity index (χ0n) is 11.7. The Hall–Kier alpha value is -1.07. The van der Waals surface area contributed by atoms with Gasteiger partial charge in [-0.15, -0.1) is 0 Å². The lowest BCUT2D eigenvalue weighted by Crippen LogP contribution is -2.39. The monoisotopic (exact) mass is 327 g/mol. The van der Waals surface area contributed by atoms with Crippen LogP contribution >= 0.6 is 15.9 Å². The molecule has 0 heterocycles. The molecule has 1 aromatic rings. The van der Waals surface area contributed by atoms with Crippen molar-refractivity contribution in [3.63, 3.8) is 0 Å². The summed E-state index contributed by atoms with van der Waals surface area (Å²) >= 11 is 3.43. The average molecular weight is 328 g/mol. The number of carbonyl (C=O) groups is 1. The third kappa shape index (κ3) is 6.07. The van der Waals surface area contributed by atoms with E-state index in [1.807, 2.05) is 39.0 Å². The average Bonchev–Trinajstić information content (AvgIpc) is 2.25. The Labute approximate surface area is 123 Å². The van der Waals surface area contributed by atoms with Gasteiger partial charge < -0.3 is 11.1 Å². The number of benzene rings is 1. The first-order valence-electron chi connectivity index (χ1n) is 6.47. The van der Waals surface area contributed by atoms with Crippen LogP contribution in [0.2, 0.25) is 0 Å². The molecule has 1 aromatic carbocycles. The van der Waals surface area contributed by atoms with Gasteiger partial charge >= 0.3 is 0 Å². The normalized spacial score (nSPS) is 11.1. The van der Waals surface area contributed by atoms with Gasteiger partial charge in [-0.25, -0.2) is 0 Å². The smallest absolute Gasteiger partial charge is 0.234 e. The minimum Gasteiger partial charge on any atom is -0.399 e. The van der Waals surface area contributed by atoms with Gasteiger partial charge in [0, 0.05) is 22.7 Å². The Bertz CT molecular complexity index is 414. The molecule has 19 heavy (non-hydrogen) atoms. The Kier molecular flexibility index (Phi) is 6.31. The van der Waals surface area contributed by atoms with Crippen LogP contribution in [-0.2, 0) is 11.3 Å². The molecule has 0 fully saturated rings. The number of hydrogen-bond donors (Lipinski definition) is 2. The molecule has 0 saturated heterocycles. The van der Waals surface area contributed by atoms with E-state index in [1.165, 1.54) is 0 Å². The standard InChI is InChI=1S/C14H22BrN3O/c1-4-18(9-14(19)17-10(2)3)8-11-5-12(15)7-13(16)6-11/h5-7,10H,4,8-9,16H2,1-3H3,(H,17,19). The highest BCUT2D eigenvalue weighted by atomic mass is 79.9. The number of carbonyl (C=O) groups excluding carboxylic acids is 1. The van der Waals surface area contributed by atoms with Crippen molar-refractivity contribution in [3.05, 3.63) is 28.2 Å². The van der Waals surface area contributed by atoms with Crippen LogP contribution in [0.3, 0.4) is 0 Å². The number of amides is 1. The van der Waals surface area contributed by atoms with Crippen LogP contribution in [0.4, 0.5) is 5.69 Å². The topological polar surface area (TPSA) is 58.4 Å². The van der Waals surface area contributed by atoms with Gasteiger partial charge in [0.15, 0.2) is 0 Å². The van der Waals surface area contributed by atoms with Gasteiger partial charge in [0.1, 0.15) is 0 Å². The van der Waals surface area contributed by atoms with Gasteiger partial charge in [-0.3, -0.25) is 9.69 Å². The molecule has 0 saturated carbocycles. The molecule has 0 aliphatic rings. The highest BCUT2D eigenvalue weighted by Gasteiger charge is 2.11. The summed E-state index contributed by atoms with van der Waals surface area (Å²) in [4.78, 5) is 13.8. The minimum absolute atomic E-state index is 0.0554. The summed E-state index contributed by atoms with van der Waals surface area (Å²) in [6.07, 6.45) is 0. The first-order valence-corrected chi connectivity index (χ1v) is 7.26. The second-order valence-electron chi connectivity index (χ2n) is 4.92. The first kappa shape index (κ1) is 16.0. The second kappa shape index (κ2) is 7.50. The van der Waals surface area contributed by atoms with E-state index >= 15 is 0 Å². The van der Waals surface area contributed by atoms with Gasteiger partial charge in [0.2, 0.25) is 5.91 Å². The molecule has 5 heteroatoms. The van der Waals surface area contributed by atoms with Crippen molar-refractivity contribution in [1.82, 2.24) is 10.2 Å². The molecule has 1 rings (SSSR count). The van der Waals surface area contributed by atoms with Crippen LogP contribution in [0.25, 0.3) is 0 Å². The maximum absolute atomic E-state index is 11.8. The van der Waals surface area contributed by atoms with E-state index in [9.17, 15) is 4.79 Å². The van der Waals surface area contributed by atoms with E-state index in [0.717, 1.165) is 22.3 Å². The predicted molar refractivity (Wildman–Crippen MR) is 82.8 cm³/mol. The van der Waals surface area contributed by atoms with Gasteiger partial charge in [-0.1, -0.05) is 22.9 Å². The predicted octanol–water partition coefficient (Wildman–Crippen LogP) is 2.38.